The van der Waals surface area contributed by atoms with E-state index in [1.807, 2.05) is 0 Å². The number of nitrogens with one attached hydrogen (secondary N) is 2. The summed E-state index contributed by atoms with van der Waals surface area (Å²) in [5, 5.41) is 0. The summed E-state index contributed by atoms with van der Waals surface area (Å²) in [6.45, 7) is 15.2. The third kappa shape index (κ3) is 5.01. The van der Waals surface area contributed by atoms with Crippen molar-refractivity contribution in [2.45, 2.75) is 33.1 Å². The SMILES string of the molecule is CC[C@@H](C)c1ccc(OCC[NH+]2CC[NH+](CC)CC2)cc1. The van der Waals surface area contributed by atoms with Gasteiger partial charge in [0.2, 0.25) is 0 Å². The Morgan fingerprint density at radius 3 is 2.19 bits per heavy atom. The Morgan fingerprint density at radius 1 is 1.00 bits per heavy atom. The van der Waals surface area contributed by atoms with Crippen LogP contribution >= 0.6 is 0 Å². The van der Waals surface area contributed by atoms with E-state index in [1.165, 1.54) is 44.7 Å². The largest absolute Gasteiger partial charge is 0.488 e. The van der Waals surface area contributed by atoms with Crippen LogP contribution in [0.5, 0.6) is 5.75 Å². The topological polar surface area (TPSA) is 18.1 Å². The molecule has 3 heteroatoms. The van der Waals surface area contributed by atoms with Gasteiger partial charge in [0.05, 0.1) is 6.54 Å². The molecule has 1 aliphatic rings. The van der Waals surface area contributed by atoms with Crippen molar-refractivity contribution in [3.05, 3.63) is 29.8 Å². The predicted molar refractivity (Wildman–Crippen MR) is 87.4 cm³/mol. The van der Waals surface area contributed by atoms with Gasteiger partial charge in [-0.25, -0.2) is 0 Å². The summed E-state index contributed by atoms with van der Waals surface area (Å²) < 4.78 is 5.90. The lowest BCUT2D eigenvalue weighted by Crippen LogP contribution is -3.28. The predicted octanol–water partition coefficient (Wildman–Crippen LogP) is 0.382. The number of hydrogen-bond donors (Lipinski definition) is 2. The molecule has 2 N–H and O–H groups in total. The Kier molecular flexibility index (Phi) is 6.52. The molecule has 1 fully saturated rings. The van der Waals surface area contributed by atoms with Gasteiger partial charge < -0.3 is 14.5 Å². The average Bonchev–Trinajstić information content (AvgIpc) is 2.55. The molecule has 0 aromatic heterocycles. The molecule has 0 saturated carbocycles. The highest BCUT2D eigenvalue weighted by molar-refractivity contribution is 5.29. The average molecular weight is 292 g/mol. The zero-order valence-electron chi connectivity index (χ0n) is 14.0. The fraction of sp³-hybridized carbons (Fsp3) is 0.667. The summed E-state index contributed by atoms with van der Waals surface area (Å²) in [6.07, 6.45) is 1.19. The van der Waals surface area contributed by atoms with Gasteiger partial charge in [-0.2, -0.15) is 0 Å². The van der Waals surface area contributed by atoms with Crippen molar-refractivity contribution in [3.63, 3.8) is 0 Å². The Hall–Kier alpha value is -1.06. The van der Waals surface area contributed by atoms with E-state index in [-0.39, 0.29) is 0 Å². The molecular weight excluding hydrogens is 260 g/mol. The number of benzene rings is 1. The first-order valence-corrected chi connectivity index (χ1v) is 8.62. The van der Waals surface area contributed by atoms with E-state index in [0.29, 0.717) is 5.92 Å². The molecular formula is C18H32N2O+2. The van der Waals surface area contributed by atoms with Crippen molar-refractivity contribution in [1.82, 2.24) is 0 Å². The summed E-state index contributed by atoms with van der Waals surface area (Å²) in [5.41, 5.74) is 1.41. The van der Waals surface area contributed by atoms with Crippen molar-refractivity contribution in [2.75, 3.05) is 45.9 Å². The van der Waals surface area contributed by atoms with Crippen LogP contribution in [0.25, 0.3) is 0 Å². The minimum absolute atomic E-state index is 0.640. The Morgan fingerprint density at radius 2 is 1.62 bits per heavy atom. The van der Waals surface area contributed by atoms with Crippen LogP contribution in [0.2, 0.25) is 0 Å². The van der Waals surface area contributed by atoms with Crippen LogP contribution in [0.3, 0.4) is 0 Å². The summed E-state index contributed by atoms with van der Waals surface area (Å²) in [4.78, 5) is 3.45. The van der Waals surface area contributed by atoms with E-state index in [4.69, 9.17) is 4.74 Å². The minimum atomic E-state index is 0.640. The molecule has 1 aromatic carbocycles. The number of quaternary nitrogens is 2. The van der Waals surface area contributed by atoms with Crippen LogP contribution in [-0.4, -0.2) is 45.9 Å². The smallest absolute Gasteiger partial charge is 0.137 e. The molecule has 118 valence electrons. The molecule has 0 unspecified atom stereocenters. The molecule has 0 spiro atoms. The second kappa shape index (κ2) is 8.40. The third-order valence-electron chi connectivity index (χ3n) is 4.95. The normalized spacial score (nSPS) is 23.8. The Balaban J connectivity index is 1.69. The Labute approximate surface area is 129 Å². The van der Waals surface area contributed by atoms with Gasteiger partial charge in [0.15, 0.2) is 0 Å². The van der Waals surface area contributed by atoms with Crippen molar-refractivity contribution in [1.29, 1.82) is 0 Å². The maximum atomic E-state index is 5.90. The zero-order valence-corrected chi connectivity index (χ0v) is 14.0. The number of rotatable bonds is 7. The first kappa shape index (κ1) is 16.3. The lowest BCUT2D eigenvalue weighted by Gasteiger charge is -2.28. The van der Waals surface area contributed by atoms with Crippen LogP contribution in [0.1, 0.15) is 38.7 Å². The standard InChI is InChI=1S/C18H30N2O/c1-4-16(3)17-6-8-18(9-7-17)21-15-14-20-12-10-19(5-2)11-13-20/h6-9,16H,4-5,10-15H2,1-3H3/p+2/t16-/m1/s1. The molecule has 2 rings (SSSR count). The van der Waals surface area contributed by atoms with Gasteiger partial charge in [-0.05, 0) is 37.0 Å². The van der Waals surface area contributed by atoms with Crippen molar-refractivity contribution >= 4 is 0 Å². The number of ether oxygens (including phenoxy) is 1. The third-order valence-corrected chi connectivity index (χ3v) is 4.95. The van der Waals surface area contributed by atoms with E-state index in [2.05, 4.69) is 45.0 Å². The highest BCUT2D eigenvalue weighted by Crippen LogP contribution is 2.21. The molecule has 21 heavy (non-hydrogen) atoms. The molecule has 1 aromatic rings. The monoisotopic (exact) mass is 292 g/mol. The quantitative estimate of drug-likeness (QED) is 0.744. The van der Waals surface area contributed by atoms with Gasteiger partial charge in [-0.15, -0.1) is 0 Å². The van der Waals surface area contributed by atoms with E-state index < -0.39 is 0 Å². The molecule has 1 aliphatic heterocycles. The summed E-state index contributed by atoms with van der Waals surface area (Å²) >= 11 is 0. The number of piperazine rings is 1. The summed E-state index contributed by atoms with van der Waals surface area (Å²) in [7, 11) is 0. The molecule has 1 atom stereocenters. The number of hydrogen-bond acceptors (Lipinski definition) is 1. The van der Waals surface area contributed by atoms with Gasteiger partial charge in [0, 0.05) is 0 Å². The number of likely N-dealkylation sites (N-methyl/N-ethyl adjacent to an activating group) is 1. The van der Waals surface area contributed by atoms with Crippen molar-refractivity contribution in [3.8, 4) is 5.75 Å². The van der Waals surface area contributed by atoms with Crippen LogP contribution in [-0.2, 0) is 0 Å². The first-order valence-electron chi connectivity index (χ1n) is 8.62. The maximum Gasteiger partial charge on any atom is 0.137 e. The van der Waals surface area contributed by atoms with Crippen LogP contribution in [0, 0.1) is 0 Å². The maximum absolute atomic E-state index is 5.90. The lowest BCUT2D eigenvalue weighted by molar-refractivity contribution is -1.01. The van der Waals surface area contributed by atoms with E-state index >= 15 is 0 Å². The van der Waals surface area contributed by atoms with E-state index in [9.17, 15) is 0 Å². The van der Waals surface area contributed by atoms with Gasteiger partial charge in [-0.1, -0.05) is 26.0 Å². The second-order valence-corrected chi connectivity index (χ2v) is 6.33. The summed E-state index contributed by atoms with van der Waals surface area (Å²) in [5.74, 6) is 1.65. The van der Waals surface area contributed by atoms with Crippen LogP contribution in [0.4, 0.5) is 0 Å². The molecule has 0 radical (unpaired) electrons. The van der Waals surface area contributed by atoms with Crippen molar-refractivity contribution < 1.29 is 14.5 Å². The minimum Gasteiger partial charge on any atom is -0.488 e. The Bertz CT molecular complexity index is 396. The highest BCUT2D eigenvalue weighted by atomic mass is 16.5. The second-order valence-electron chi connectivity index (χ2n) is 6.33. The first-order chi connectivity index (χ1) is 10.2. The van der Waals surface area contributed by atoms with Crippen molar-refractivity contribution in [2.24, 2.45) is 0 Å². The zero-order chi connectivity index (χ0) is 15.1. The fourth-order valence-electron chi connectivity index (χ4n) is 3.00. The molecule has 0 amide bonds. The molecule has 0 aliphatic carbocycles. The van der Waals surface area contributed by atoms with E-state index in [0.717, 1.165) is 18.9 Å². The lowest BCUT2D eigenvalue weighted by atomic mass is 9.99. The molecule has 1 saturated heterocycles. The molecule has 1 heterocycles. The van der Waals surface area contributed by atoms with Gasteiger partial charge in [0.25, 0.3) is 0 Å². The molecule has 0 bridgehead atoms. The van der Waals surface area contributed by atoms with Gasteiger partial charge in [0.1, 0.15) is 45.1 Å². The van der Waals surface area contributed by atoms with Gasteiger partial charge >= 0.3 is 0 Å². The van der Waals surface area contributed by atoms with Gasteiger partial charge in [-0.3, -0.25) is 0 Å². The van der Waals surface area contributed by atoms with Crippen LogP contribution < -0.4 is 14.5 Å². The molecule has 3 nitrogen and oxygen atoms in total. The fourth-order valence-corrected chi connectivity index (χ4v) is 3.00. The summed E-state index contributed by atoms with van der Waals surface area (Å²) in [6, 6.07) is 8.66. The highest BCUT2D eigenvalue weighted by Gasteiger charge is 2.20. The van der Waals surface area contributed by atoms with Crippen LogP contribution in [0.15, 0.2) is 24.3 Å². The van der Waals surface area contributed by atoms with E-state index in [1.54, 1.807) is 9.80 Å².